The van der Waals surface area contributed by atoms with Gasteiger partial charge in [0.1, 0.15) is 17.2 Å². The highest BCUT2D eigenvalue weighted by atomic mass is 32.2. The first-order valence-electron chi connectivity index (χ1n) is 5.26. The molecule has 0 amide bonds. The van der Waals surface area contributed by atoms with Crippen LogP contribution in [-0.2, 0) is 14.9 Å². The Bertz CT molecular complexity index is 693. The Hall–Kier alpha value is -1.89. The summed E-state index contributed by atoms with van der Waals surface area (Å²) < 4.78 is 122. The number of carbonyl (C=O) groups is 1. The van der Waals surface area contributed by atoms with Crippen LogP contribution < -0.4 is 0 Å². The fourth-order valence-electron chi connectivity index (χ4n) is 1.32. The van der Waals surface area contributed by atoms with Crippen molar-refractivity contribution in [1.82, 2.24) is 0 Å². The third kappa shape index (κ3) is 3.90. The average Bonchev–Trinajstić information content (AvgIpc) is 2.32. The standard InChI is InChI=1S/C10H5F7O5S/c11-4-2-1-3-5(12)6(4)7(18)22-8(9(13,14)15)10(16,17)23(19,20)21/h1-3,8H,(H,19,20,21). The van der Waals surface area contributed by atoms with Crippen molar-refractivity contribution in [3.63, 3.8) is 0 Å². The molecule has 0 spiro atoms. The molecule has 0 saturated heterocycles. The quantitative estimate of drug-likeness (QED) is 0.501. The number of ether oxygens (including phenoxy) is 1. The van der Waals surface area contributed by atoms with E-state index in [1.807, 2.05) is 0 Å². The number of rotatable bonds is 4. The predicted octanol–water partition coefficient (Wildman–Crippen LogP) is 2.53. The fraction of sp³-hybridized carbons (Fsp3) is 0.300. The van der Waals surface area contributed by atoms with Gasteiger partial charge in [0, 0.05) is 0 Å². The van der Waals surface area contributed by atoms with E-state index in [4.69, 9.17) is 4.55 Å². The summed E-state index contributed by atoms with van der Waals surface area (Å²) in [5.74, 6) is -6.00. The lowest BCUT2D eigenvalue weighted by molar-refractivity contribution is -0.248. The highest BCUT2D eigenvalue weighted by Gasteiger charge is 2.66. The molecule has 0 aromatic heterocycles. The fourth-order valence-corrected chi connectivity index (χ4v) is 1.77. The van der Waals surface area contributed by atoms with Crippen LogP contribution in [0.2, 0.25) is 0 Å². The van der Waals surface area contributed by atoms with Crippen molar-refractivity contribution in [3.8, 4) is 0 Å². The van der Waals surface area contributed by atoms with E-state index in [-0.39, 0.29) is 0 Å². The normalized spacial score (nSPS) is 14.4. The van der Waals surface area contributed by atoms with Crippen molar-refractivity contribution in [2.45, 2.75) is 17.5 Å². The molecule has 130 valence electrons. The van der Waals surface area contributed by atoms with Gasteiger partial charge in [0.05, 0.1) is 0 Å². The van der Waals surface area contributed by atoms with Gasteiger partial charge in [0.2, 0.25) is 0 Å². The van der Waals surface area contributed by atoms with Crippen LogP contribution in [0, 0.1) is 11.6 Å². The summed E-state index contributed by atoms with van der Waals surface area (Å²) in [6.45, 7) is 0. The van der Waals surface area contributed by atoms with Gasteiger partial charge < -0.3 is 4.74 Å². The zero-order chi connectivity index (χ0) is 18.2. The zero-order valence-corrected chi connectivity index (χ0v) is 11.3. The minimum atomic E-state index is -6.65. The van der Waals surface area contributed by atoms with Crippen LogP contribution in [0.25, 0.3) is 0 Å². The van der Waals surface area contributed by atoms with Crippen molar-refractivity contribution >= 4 is 16.1 Å². The molecule has 1 aromatic carbocycles. The molecular formula is C10H5F7O5S. The summed E-state index contributed by atoms with van der Waals surface area (Å²) in [4.78, 5) is 11.3. The molecule has 1 rings (SSSR count). The van der Waals surface area contributed by atoms with Crippen LogP contribution in [0.1, 0.15) is 10.4 Å². The van der Waals surface area contributed by atoms with Crippen LogP contribution in [0.3, 0.4) is 0 Å². The smallest absolute Gasteiger partial charge is 0.432 e. The number of alkyl halides is 5. The van der Waals surface area contributed by atoms with Crippen LogP contribution >= 0.6 is 0 Å². The molecule has 23 heavy (non-hydrogen) atoms. The molecule has 0 radical (unpaired) electrons. The molecule has 1 atom stereocenters. The van der Waals surface area contributed by atoms with Crippen LogP contribution in [-0.4, -0.2) is 36.5 Å². The molecule has 1 aromatic rings. The first kappa shape index (κ1) is 19.2. The lowest BCUT2D eigenvalue weighted by Gasteiger charge is -2.26. The first-order chi connectivity index (χ1) is 10.2. The minimum absolute atomic E-state index is 0.420. The summed E-state index contributed by atoms with van der Waals surface area (Å²) in [6.07, 6.45) is -10.9. The van der Waals surface area contributed by atoms with Gasteiger partial charge in [-0.1, -0.05) is 6.07 Å². The van der Waals surface area contributed by atoms with Gasteiger partial charge in [0.25, 0.3) is 6.10 Å². The van der Waals surface area contributed by atoms with E-state index >= 15 is 0 Å². The van der Waals surface area contributed by atoms with Gasteiger partial charge in [-0.3, -0.25) is 4.55 Å². The molecule has 0 aliphatic heterocycles. The first-order valence-corrected chi connectivity index (χ1v) is 6.70. The highest BCUT2D eigenvalue weighted by molar-refractivity contribution is 7.86. The molecule has 1 unspecified atom stereocenters. The third-order valence-corrected chi connectivity index (χ3v) is 3.24. The lowest BCUT2D eigenvalue weighted by Crippen LogP contribution is -2.52. The number of carbonyl (C=O) groups excluding carboxylic acids is 1. The van der Waals surface area contributed by atoms with E-state index in [0.29, 0.717) is 12.1 Å². The predicted molar refractivity (Wildman–Crippen MR) is 58.1 cm³/mol. The Morgan fingerprint density at radius 3 is 1.87 bits per heavy atom. The molecule has 0 aliphatic rings. The van der Waals surface area contributed by atoms with E-state index in [1.165, 1.54) is 0 Å². The molecular weight excluding hydrogens is 365 g/mol. The van der Waals surface area contributed by atoms with Gasteiger partial charge >= 0.3 is 27.5 Å². The van der Waals surface area contributed by atoms with Crippen LogP contribution in [0.15, 0.2) is 18.2 Å². The summed E-state index contributed by atoms with van der Waals surface area (Å²) in [6, 6.07) is 1.56. The van der Waals surface area contributed by atoms with E-state index in [9.17, 15) is 43.9 Å². The Balaban J connectivity index is 3.31. The van der Waals surface area contributed by atoms with Gasteiger partial charge in [0.15, 0.2) is 0 Å². The number of hydrogen-bond acceptors (Lipinski definition) is 4. The van der Waals surface area contributed by atoms with E-state index in [2.05, 4.69) is 4.74 Å². The molecule has 1 N–H and O–H groups in total. The number of hydrogen-bond donors (Lipinski definition) is 1. The molecule has 0 fully saturated rings. The SMILES string of the molecule is O=C(OC(C(F)(F)F)C(F)(F)S(=O)(=O)O)c1c(F)cccc1F. The largest absolute Gasteiger partial charge is 0.441 e. The number of esters is 1. The Kier molecular flexibility index (Phi) is 4.96. The summed E-state index contributed by atoms with van der Waals surface area (Å²) >= 11 is 0. The maximum atomic E-state index is 13.2. The summed E-state index contributed by atoms with van der Waals surface area (Å²) in [7, 11) is -6.65. The maximum absolute atomic E-state index is 13.2. The number of benzene rings is 1. The molecule has 13 heteroatoms. The monoisotopic (exact) mass is 370 g/mol. The van der Waals surface area contributed by atoms with Gasteiger partial charge in [-0.2, -0.15) is 30.4 Å². The van der Waals surface area contributed by atoms with Crippen molar-refractivity contribution in [2.75, 3.05) is 0 Å². The number of halogens is 7. The molecule has 0 saturated carbocycles. The van der Waals surface area contributed by atoms with Crippen molar-refractivity contribution in [2.24, 2.45) is 0 Å². The minimum Gasteiger partial charge on any atom is -0.441 e. The Morgan fingerprint density at radius 2 is 1.52 bits per heavy atom. The molecule has 0 heterocycles. The molecule has 0 bridgehead atoms. The van der Waals surface area contributed by atoms with Crippen LogP contribution in [0.5, 0.6) is 0 Å². The van der Waals surface area contributed by atoms with Gasteiger partial charge in [-0.15, -0.1) is 0 Å². The second-order valence-corrected chi connectivity index (χ2v) is 5.45. The second-order valence-electron chi connectivity index (χ2n) is 3.96. The Labute approximate surface area is 123 Å². The Morgan fingerprint density at radius 1 is 1.09 bits per heavy atom. The van der Waals surface area contributed by atoms with Gasteiger partial charge in [-0.05, 0) is 12.1 Å². The topological polar surface area (TPSA) is 80.7 Å². The summed E-state index contributed by atoms with van der Waals surface area (Å²) in [5, 5.41) is -6.00. The van der Waals surface area contributed by atoms with Gasteiger partial charge in [-0.25, -0.2) is 13.6 Å². The molecule has 5 nitrogen and oxygen atoms in total. The highest BCUT2D eigenvalue weighted by Crippen LogP contribution is 2.38. The lowest BCUT2D eigenvalue weighted by atomic mass is 10.2. The van der Waals surface area contributed by atoms with E-state index < -0.39 is 50.8 Å². The van der Waals surface area contributed by atoms with Crippen molar-refractivity contribution < 1.29 is 53.2 Å². The second kappa shape index (κ2) is 5.96. The van der Waals surface area contributed by atoms with E-state index in [1.54, 1.807) is 0 Å². The van der Waals surface area contributed by atoms with Crippen molar-refractivity contribution in [1.29, 1.82) is 0 Å². The summed E-state index contributed by atoms with van der Waals surface area (Å²) in [5.41, 5.74) is -1.74. The average molecular weight is 370 g/mol. The molecule has 0 aliphatic carbocycles. The van der Waals surface area contributed by atoms with E-state index in [0.717, 1.165) is 6.07 Å². The maximum Gasteiger partial charge on any atom is 0.432 e. The van der Waals surface area contributed by atoms with Crippen molar-refractivity contribution in [3.05, 3.63) is 35.4 Å². The van der Waals surface area contributed by atoms with Crippen LogP contribution in [0.4, 0.5) is 30.7 Å². The zero-order valence-electron chi connectivity index (χ0n) is 10.4. The third-order valence-electron chi connectivity index (χ3n) is 2.34.